The predicted octanol–water partition coefficient (Wildman–Crippen LogP) is 2.60. The number of likely N-dealkylation sites (N-methyl/N-ethyl adjacent to an activating group) is 1. The molecule has 140 valence electrons. The molecule has 1 amide bonds. The summed E-state index contributed by atoms with van der Waals surface area (Å²) in [5.74, 6) is 0.239. The van der Waals surface area contributed by atoms with Crippen molar-refractivity contribution in [3.63, 3.8) is 0 Å². The van der Waals surface area contributed by atoms with Crippen molar-refractivity contribution in [3.05, 3.63) is 53.6 Å². The molecule has 0 atom stereocenters. The maximum atomic E-state index is 12.3. The Labute approximate surface area is 155 Å². The summed E-state index contributed by atoms with van der Waals surface area (Å²) in [5, 5.41) is 0. The molecule has 0 N–H and O–H groups in total. The molecule has 0 unspecified atom stereocenters. The standard InChI is InChI=1S/C19H24N2O4S/c1-14-6-7-16(12-15(14)2)21(5)19(22)13-25-17-8-10-18(11-9-17)26(23,24)20(3)4/h6-12H,13H2,1-5H3. The number of anilines is 1. The minimum atomic E-state index is -3.48. The van der Waals surface area contributed by atoms with Gasteiger partial charge in [-0.1, -0.05) is 6.07 Å². The third-order valence-corrected chi connectivity index (χ3v) is 6.05. The molecule has 0 saturated heterocycles. The summed E-state index contributed by atoms with van der Waals surface area (Å²) < 4.78 is 30.7. The molecule has 0 radical (unpaired) electrons. The second-order valence-corrected chi connectivity index (χ2v) is 8.42. The van der Waals surface area contributed by atoms with Crippen LogP contribution in [0.4, 0.5) is 5.69 Å². The lowest BCUT2D eigenvalue weighted by Crippen LogP contribution is -2.31. The normalized spacial score (nSPS) is 11.5. The van der Waals surface area contributed by atoms with Crippen molar-refractivity contribution < 1.29 is 17.9 Å². The van der Waals surface area contributed by atoms with Crippen LogP contribution in [0.5, 0.6) is 5.75 Å². The number of sulfonamides is 1. The fraction of sp³-hybridized carbons (Fsp3) is 0.316. The van der Waals surface area contributed by atoms with Gasteiger partial charge in [0, 0.05) is 26.8 Å². The zero-order chi connectivity index (χ0) is 19.5. The number of aryl methyl sites for hydroxylation is 2. The summed E-state index contributed by atoms with van der Waals surface area (Å²) in [7, 11) is 1.16. The molecule has 0 spiro atoms. The zero-order valence-corrected chi connectivity index (χ0v) is 16.5. The molecule has 0 heterocycles. The first-order valence-corrected chi connectivity index (χ1v) is 9.56. The third-order valence-electron chi connectivity index (χ3n) is 4.22. The number of amides is 1. The highest BCUT2D eigenvalue weighted by atomic mass is 32.2. The number of nitrogens with zero attached hydrogens (tertiary/aromatic N) is 2. The van der Waals surface area contributed by atoms with Crippen LogP contribution in [-0.2, 0) is 14.8 Å². The highest BCUT2D eigenvalue weighted by Gasteiger charge is 2.17. The fourth-order valence-electron chi connectivity index (χ4n) is 2.24. The van der Waals surface area contributed by atoms with Crippen LogP contribution in [-0.4, -0.2) is 46.4 Å². The van der Waals surface area contributed by atoms with E-state index in [2.05, 4.69) is 0 Å². The van der Waals surface area contributed by atoms with Gasteiger partial charge in [0.05, 0.1) is 4.90 Å². The first-order chi connectivity index (χ1) is 12.1. The summed E-state index contributed by atoms with van der Waals surface area (Å²) in [5.41, 5.74) is 3.08. The van der Waals surface area contributed by atoms with E-state index in [4.69, 9.17) is 4.74 Å². The smallest absolute Gasteiger partial charge is 0.264 e. The minimum absolute atomic E-state index is 0.136. The van der Waals surface area contributed by atoms with E-state index < -0.39 is 10.0 Å². The summed E-state index contributed by atoms with van der Waals surface area (Å²) in [6.45, 7) is 3.88. The van der Waals surface area contributed by atoms with Gasteiger partial charge in [-0.05, 0) is 61.4 Å². The minimum Gasteiger partial charge on any atom is -0.484 e. The van der Waals surface area contributed by atoms with Gasteiger partial charge in [0.2, 0.25) is 10.0 Å². The van der Waals surface area contributed by atoms with Crippen molar-refractivity contribution in [1.82, 2.24) is 4.31 Å². The summed E-state index contributed by atoms with van der Waals surface area (Å²) in [6, 6.07) is 11.8. The van der Waals surface area contributed by atoms with Gasteiger partial charge in [0.1, 0.15) is 5.75 Å². The van der Waals surface area contributed by atoms with Crippen LogP contribution in [0.1, 0.15) is 11.1 Å². The molecule has 2 aromatic carbocycles. The average molecular weight is 376 g/mol. The first kappa shape index (κ1) is 19.9. The predicted molar refractivity (Wildman–Crippen MR) is 102 cm³/mol. The SMILES string of the molecule is Cc1ccc(N(C)C(=O)COc2ccc(S(=O)(=O)N(C)C)cc2)cc1C. The Kier molecular flexibility index (Phi) is 6.05. The average Bonchev–Trinajstić information content (AvgIpc) is 2.61. The van der Waals surface area contributed by atoms with E-state index >= 15 is 0 Å². The monoisotopic (exact) mass is 376 g/mol. The van der Waals surface area contributed by atoms with Gasteiger partial charge in [0.15, 0.2) is 6.61 Å². The third kappa shape index (κ3) is 4.42. The van der Waals surface area contributed by atoms with Crippen LogP contribution in [0.15, 0.2) is 47.4 Å². The lowest BCUT2D eigenvalue weighted by atomic mass is 10.1. The lowest BCUT2D eigenvalue weighted by Gasteiger charge is -2.19. The van der Waals surface area contributed by atoms with Crippen LogP contribution in [0.3, 0.4) is 0 Å². The lowest BCUT2D eigenvalue weighted by molar-refractivity contribution is -0.120. The zero-order valence-electron chi connectivity index (χ0n) is 15.7. The first-order valence-electron chi connectivity index (χ1n) is 8.12. The number of hydrogen-bond acceptors (Lipinski definition) is 4. The van der Waals surface area contributed by atoms with Crippen LogP contribution < -0.4 is 9.64 Å². The maximum absolute atomic E-state index is 12.3. The van der Waals surface area contributed by atoms with Gasteiger partial charge in [-0.2, -0.15) is 0 Å². The number of hydrogen-bond donors (Lipinski definition) is 0. The van der Waals surface area contributed by atoms with E-state index in [0.29, 0.717) is 5.75 Å². The molecule has 0 aliphatic carbocycles. The van der Waals surface area contributed by atoms with E-state index in [1.807, 2.05) is 32.0 Å². The molecular formula is C19H24N2O4S. The highest BCUT2D eigenvalue weighted by molar-refractivity contribution is 7.89. The number of rotatable bonds is 6. The van der Waals surface area contributed by atoms with E-state index in [9.17, 15) is 13.2 Å². The van der Waals surface area contributed by atoms with E-state index in [0.717, 1.165) is 15.6 Å². The Balaban J connectivity index is 2.02. The quantitative estimate of drug-likeness (QED) is 0.777. The molecule has 0 aromatic heterocycles. The molecular weight excluding hydrogens is 352 g/mol. The van der Waals surface area contributed by atoms with Crippen LogP contribution in [0.2, 0.25) is 0 Å². The van der Waals surface area contributed by atoms with Gasteiger partial charge in [0.25, 0.3) is 5.91 Å². The summed E-state index contributed by atoms with van der Waals surface area (Å²) in [4.78, 5) is 14.0. The van der Waals surface area contributed by atoms with Crippen molar-refractivity contribution >= 4 is 21.6 Å². The van der Waals surface area contributed by atoms with Crippen molar-refractivity contribution in [2.45, 2.75) is 18.7 Å². The largest absolute Gasteiger partial charge is 0.484 e. The molecule has 0 saturated carbocycles. The molecule has 0 fully saturated rings. The number of carbonyl (C=O) groups excluding carboxylic acids is 1. The van der Waals surface area contributed by atoms with E-state index in [1.165, 1.54) is 36.7 Å². The van der Waals surface area contributed by atoms with Crippen LogP contribution >= 0.6 is 0 Å². The molecule has 6 nitrogen and oxygen atoms in total. The van der Waals surface area contributed by atoms with Crippen LogP contribution in [0.25, 0.3) is 0 Å². The number of benzene rings is 2. The van der Waals surface area contributed by atoms with Gasteiger partial charge >= 0.3 is 0 Å². The highest BCUT2D eigenvalue weighted by Crippen LogP contribution is 2.20. The van der Waals surface area contributed by atoms with Crippen molar-refractivity contribution in [2.75, 3.05) is 32.6 Å². The summed E-state index contributed by atoms with van der Waals surface area (Å²) in [6.07, 6.45) is 0. The Morgan fingerprint density at radius 2 is 1.58 bits per heavy atom. The molecule has 2 rings (SSSR count). The Bertz CT molecular complexity index is 890. The molecule has 26 heavy (non-hydrogen) atoms. The fourth-order valence-corrected chi connectivity index (χ4v) is 3.14. The van der Waals surface area contributed by atoms with Crippen molar-refractivity contribution in [2.24, 2.45) is 0 Å². The van der Waals surface area contributed by atoms with Gasteiger partial charge < -0.3 is 9.64 Å². The second kappa shape index (κ2) is 7.88. The molecule has 7 heteroatoms. The number of carbonyl (C=O) groups is 1. The maximum Gasteiger partial charge on any atom is 0.264 e. The topological polar surface area (TPSA) is 66.9 Å². The van der Waals surface area contributed by atoms with Crippen molar-refractivity contribution in [1.29, 1.82) is 0 Å². The van der Waals surface area contributed by atoms with Gasteiger partial charge in [-0.3, -0.25) is 4.79 Å². The van der Waals surface area contributed by atoms with Crippen molar-refractivity contribution in [3.8, 4) is 5.75 Å². The Morgan fingerprint density at radius 1 is 0.962 bits per heavy atom. The van der Waals surface area contributed by atoms with Crippen LogP contribution in [0, 0.1) is 13.8 Å². The van der Waals surface area contributed by atoms with E-state index in [1.54, 1.807) is 19.2 Å². The molecule has 2 aromatic rings. The van der Waals surface area contributed by atoms with E-state index in [-0.39, 0.29) is 17.4 Å². The summed E-state index contributed by atoms with van der Waals surface area (Å²) >= 11 is 0. The van der Waals surface area contributed by atoms with Gasteiger partial charge in [-0.15, -0.1) is 0 Å². The number of ether oxygens (including phenoxy) is 1. The molecule has 0 aliphatic rings. The van der Waals surface area contributed by atoms with Gasteiger partial charge in [-0.25, -0.2) is 12.7 Å². The Morgan fingerprint density at radius 3 is 2.12 bits per heavy atom. The molecule has 0 aliphatic heterocycles. The molecule has 0 bridgehead atoms. The second-order valence-electron chi connectivity index (χ2n) is 6.27. The Hall–Kier alpha value is -2.38.